The number of amides is 2. The van der Waals surface area contributed by atoms with Crippen LogP contribution in [0.5, 0.6) is 0 Å². The molecule has 0 fully saturated rings. The van der Waals surface area contributed by atoms with Crippen molar-refractivity contribution in [3.05, 3.63) is 47.0 Å². The summed E-state index contributed by atoms with van der Waals surface area (Å²) in [6.45, 7) is 3.37. The van der Waals surface area contributed by atoms with Crippen LogP contribution in [0.4, 0.5) is 4.79 Å². The van der Waals surface area contributed by atoms with Gasteiger partial charge in [0.1, 0.15) is 0 Å². The summed E-state index contributed by atoms with van der Waals surface area (Å²) >= 11 is 0. The summed E-state index contributed by atoms with van der Waals surface area (Å²) < 4.78 is 0. The van der Waals surface area contributed by atoms with Crippen molar-refractivity contribution in [3.8, 4) is 0 Å². The highest BCUT2D eigenvalue weighted by atomic mass is 16.2. The smallest absolute Gasteiger partial charge is 0.315 e. The Morgan fingerprint density at radius 3 is 2.80 bits per heavy atom. The Morgan fingerprint density at radius 1 is 1.20 bits per heavy atom. The number of aryl methyl sites for hydroxylation is 1. The maximum Gasteiger partial charge on any atom is 0.315 e. The van der Waals surface area contributed by atoms with Gasteiger partial charge >= 0.3 is 6.03 Å². The second-order valence-corrected chi connectivity index (χ2v) is 5.39. The Hall–Kier alpha value is -1.77. The summed E-state index contributed by atoms with van der Waals surface area (Å²) in [6.07, 6.45) is 8.33. The lowest BCUT2D eigenvalue weighted by molar-refractivity contribution is 0.240. The maximum atomic E-state index is 11.7. The van der Waals surface area contributed by atoms with E-state index in [4.69, 9.17) is 0 Å². The van der Waals surface area contributed by atoms with E-state index in [2.05, 4.69) is 29.7 Å². The normalized spacial score (nSPS) is 14.6. The van der Waals surface area contributed by atoms with Crippen molar-refractivity contribution in [2.75, 3.05) is 6.54 Å². The highest BCUT2D eigenvalue weighted by Gasteiger charge is 2.05. The number of hydrogen-bond donors (Lipinski definition) is 2. The van der Waals surface area contributed by atoms with Crippen LogP contribution in [-0.2, 0) is 6.54 Å². The Balaban J connectivity index is 1.65. The highest BCUT2D eigenvalue weighted by Crippen LogP contribution is 2.19. The topological polar surface area (TPSA) is 41.1 Å². The van der Waals surface area contributed by atoms with Crippen molar-refractivity contribution in [2.24, 2.45) is 0 Å². The van der Waals surface area contributed by atoms with E-state index in [1.807, 2.05) is 18.2 Å². The Labute approximate surface area is 121 Å². The molecule has 108 valence electrons. The van der Waals surface area contributed by atoms with Crippen LogP contribution < -0.4 is 10.6 Å². The Kier molecular flexibility index (Phi) is 5.66. The van der Waals surface area contributed by atoms with Gasteiger partial charge in [0.25, 0.3) is 0 Å². The van der Waals surface area contributed by atoms with Crippen molar-refractivity contribution in [1.82, 2.24) is 10.6 Å². The molecule has 0 spiro atoms. The molecule has 3 heteroatoms. The lowest BCUT2D eigenvalue weighted by atomic mass is 9.97. The first-order chi connectivity index (χ1) is 9.75. The Morgan fingerprint density at radius 2 is 2.05 bits per heavy atom. The molecule has 0 radical (unpaired) electrons. The molecule has 0 aliphatic heterocycles. The maximum absolute atomic E-state index is 11.7. The summed E-state index contributed by atoms with van der Waals surface area (Å²) in [5.41, 5.74) is 3.87. The summed E-state index contributed by atoms with van der Waals surface area (Å²) in [4.78, 5) is 11.7. The lowest BCUT2D eigenvalue weighted by Crippen LogP contribution is -2.35. The van der Waals surface area contributed by atoms with Crippen LogP contribution in [0.3, 0.4) is 0 Å². The van der Waals surface area contributed by atoms with Gasteiger partial charge in [0.05, 0.1) is 0 Å². The van der Waals surface area contributed by atoms with E-state index in [-0.39, 0.29) is 6.03 Å². The molecule has 1 aromatic carbocycles. The minimum Gasteiger partial charge on any atom is -0.338 e. The average Bonchev–Trinajstić information content (AvgIpc) is 2.47. The van der Waals surface area contributed by atoms with Gasteiger partial charge in [0, 0.05) is 13.1 Å². The standard InChI is InChI=1S/C17H24N2O/c1-14-7-5-6-10-16(14)13-19-17(20)18-12-11-15-8-3-2-4-9-15/h5-8,10H,2-4,9,11-13H2,1H3,(H2,18,19,20). The highest BCUT2D eigenvalue weighted by molar-refractivity contribution is 5.73. The molecule has 0 atom stereocenters. The number of benzene rings is 1. The fourth-order valence-corrected chi connectivity index (χ4v) is 2.51. The molecule has 0 unspecified atom stereocenters. The minimum atomic E-state index is -0.0790. The van der Waals surface area contributed by atoms with Gasteiger partial charge in [0.2, 0.25) is 0 Å². The van der Waals surface area contributed by atoms with Crippen molar-refractivity contribution >= 4 is 6.03 Å². The molecule has 1 aromatic rings. The summed E-state index contributed by atoms with van der Waals surface area (Å²) in [7, 11) is 0. The van der Waals surface area contributed by atoms with E-state index in [1.54, 1.807) is 0 Å². The molecular weight excluding hydrogens is 248 g/mol. The number of nitrogens with one attached hydrogen (secondary N) is 2. The molecule has 2 amide bonds. The number of carbonyl (C=O) groups is 1. The second-order valence-electron chi connectivity index (χ2n) is 5.39. The van der Waals surface area contributed by atoms with Crippen LogP contribution in [0.25, 0.3) is 0 Å². The zero-order chi connectivity index (χ0) is 14.2. The monoisotopic (exact) mass is 272 g/mol. The van der Waals surface area contributed by atoms with Gasteiger partial charge in [-0.15, -0.1) is 0 Å². The largest absolute Gasteiger partial charge is 0.338 e. The molecule has 0 saturated carbocycles. The molecule has 2 rings (SSSR count). The predicted octanol–water partition coefficient (Wildman–Crippen LogP) is 3.68. The first-order valence-corrected chi connectivity index (χ1v) is 7.50. The van der Waals surface area contributed by atoms with E-state index in [1.165, 1.54) is 36.8 Å². The third-order valence-corrected chi connectivity index (χ3v) is 3.82. The van der Waals surface area contributed by atoms with E-state index < -0.39 is 0 Å². The Bertz CT molecular complexity index is 480. The average molecular weight is 272 g/mol. The van der Waals surface area contributed by atoms with Gasteiger partial charge in [-0.25, -0.2) is 4.79 Å². The van der Waals surface area contributed by atoms with Gasteiger partial charge in [-0.3, -0.25) is 0 Å². The minimum absolute atomic E-state index is 0.0790. The van der Waals surface area contributed by atoms with Crippen LogP contribution in [0, 0.1) is 6.92 Å². The first-order valence-electron chi connectivity index (χ1n) is 7.50. The third kappa shape index (κ3) is 4.72. The summed E-state index contributed by atoms with van der Waals surface area (Å²) in [5, 5.41) is 5.84. The van der Waals surface area contributed by atoms with Crippen molar-refractivity contribution in [2.45, 2.75) is 45.6 Å². The molecule has 0 aromatic heterocycles. The molecule has 1 aliphatic rings. The second kappa shape index (κ2) is 7.73. The first kappa shape index (κ1) is 14.6. The van der Waals surface area contributed by atoms with Gasteiger partial charge in [-0.1, -0.05) is 35.9 Å². The summed E-state index contributed by atoms with van der Waals surface area (Å²) in [6, 6.07) is 8.03. The molecule has 1 aliphatic carbocycles. The lowest BCUT2D eigenvalue weighted by Gasteiger charge is -2.13. The molecular formula is C17H24N2O. The van der Waals surface area contributed by atoms with Crippen LogP contribution >= 0.6 is 0 Å². The zero-order valence-corrected chi connectivity index (χ0v) is 12.2. The molecule has 2 N–H and O–H groups in total. The third-order valence-electron chi connectivity index (χ3n) is 3.82. The number of urea groups is 1. The van der Waals surface area contributed by atoms with Crippen molar-refractivity contribution in [3.63, 3.8) is 0 Å². The number of rotatable bonds is 5. The van der Waals surface area contributed by atoms with Crippen LogP contribution in [0.2, 0.25) is 0 Å². The number of carbonyl (C=O) groups excluding carboxylic acids is 1. The molecule has 0 bridgehead atoms. The summed E-state index contributed by atoms with van der Waals surface area (Å²) in [5.74, 6) is 0. The van der Waals surface area contributed by atoms with Crippen molar-refractivity contribution in [1.29, 1.82) is 0 Å². The zero-order valence-electron chi connectivity index (χ0n) is 12.2. The van der Waals surface area contributed by atoms with E-state index in [0.717, 1.165) is 18.5 Å². The molecule has 0 heterocycles. The van der Waals surface area contributed by atoms with E-state index in [9.17, 15) is 4.79 Å². The molecule has 3 nitrogen and oxygen atoms in total. The van der Waals surface area contributed by atoms with Crippen LogP contribution in [-0.4, -0.2) is 12.6 Å². The van der Waals surface area contributed by atoms with Gasteiger partial charge in [-0.2, -0.15) is 0 Å². The predicted molar refractivity (Wildman–Crippen MR) is 82.6 cm³/mol. The van der Waals surface area contributed by atoms with E-state index in [0.29, 0.717) is 6.54 Å². The van der Waals surface area contributed by atoms with E-state index >= 15 is 0 Å². The van der Waals surface area contributed by atoms with Gasteiger partial charge in [0.15, 0.2) is 0 Å². The fraction of sp³-hybridized carbons (Fsp3) is 0.471. The van der Waals surface area contributed by atoms with Crippen LogP contribution in [0.1, 0.15) is 43.2 Å². The van der Waals surface area contributed by atoms with Crippen LogP contribution in [0.15, 0.2) is 35.9 Å². The fourth-order valence-electron chi connectivity index (χ4n) is 2.51. The van der Waals surface area contributed by atoms with Gasteiger partial charge < -0.3 is 10.6 Å². The van der Waals surface area contributed by atoms with Crippen molar-refractivity contribution < 1.29 is 4.79 Å². The SMILES string of the molecule is Cc1ccccc1CNC(=O)NCCC1=CCCCC1. The van der Waals surface area contributed by atoms with Gasteiger partial charge in [-0.05, 0) is 50.2 Å². The number of allylic oxidation sites excluding steroid dienone is 1. The molecule has 0 saturated heterocycles. The quantitative estimate of drug-likeness (QED) is 0.789. The number of hydrogen-bond acceptors (Lipinski definition) is 1. The molecule has 20 heavy (non-hydrogen) atoms.